The molecule has 1 aliphatic heterocycles. The van der Waals surface area contributed by atoms with Gasteiger partial charge in [-0.05, 0) is 6.08 Å². The fourth-order valence-electron chi connectivity index (χ4n) is 0.318. The average Bonchev–Trinajstić information content (AvgIpc) is 2.06. The Bertz CT molecular complexity index is 246. The van der Waals surface area contributed by atoms with Crippen molar-refractivity contribution in [2.24, 2.45) is 5.73 Å². The fraction of sp³-hybridized carbons (Fsp3) is 0. The minimum atomic E-state index is -1.82. The van der Waals surface area contributed by atoms with Crippen LogP contribution in [0.3, 0.4) is 0 Å². The molecule has 5 N–H and O–H groups in total. The van der Waals surface area contributed by atoms with Gasteiger partial charge in [-0.15, -0.1) is 0 Å². The van der Waals surface area contributed by atoms with Crippen LogP contribution >= 0.6 is 0 Å². The molecule has 0 bridgehead atoms. The maximum Gasteiger partial charge on any atom is 0.414 e. The lowest BCUT2D eigenvalue weighted by Gasteiger charge is -2.04. The molecule has 1 rings (SSSR count). The molecule has 72 valence electrons. The van der Waals surface area contributed by atoms with Crippen LogP contribution in [0.15, 0.2) is 24.2 Å². The predicted octanol–water partition coefficient (Wildman–Crippen LogP) is -1.01. The van der Waals surface area contributed by atoms with E-state index in [1.807, 2.05) is 0 Å². The number of hydrogen-bond acceptors (Lipinski definition) is 5. The van der Waals surface area contributed by atoms with E-state index in [4.69, 9.17) is 25.5 Å². The van der Waals surface area contributed by atoms with Crippen LogP contribution in [0.2, 0.25) is 0 Å². The van der Waals surface area contributed by atoms with Gasteiger partial charge in [-0.1, -0.05) is 0 Å². The van der Waals surface area contributed by atoms with E-state index in [0.717, 1.165) is 0 Å². The van der Waals surface area contributed by atoms with Crippen LogP contribution in [-0.2, 0) is 14.4 Å². The third-order valence-electron chi connectivity index (χ3n) is 0.784. The Hall–Kier alpha value is -2.18. The first-order valence-electron chi connectivity index (χ1n) is 3.05. The number of allylic oxidation sites excluding steroid dienone is 2. The summed E-state index contributed by atoms with van der Waals surface area (Å²) in [5, 5.41) is 14.8. The van der Waals surface area contributed by atoms with E-state index in [0.29, 0.717) is 5.88 Å². The molecule has 0 spiro atoms. The number of nitrogens with one attached hydrogen (secondary N) is 1. The molecule has 0 aliphatic carbocycles. The van der Waals surface area contributed by atoms with Gasteiger partial charge in [0.25, 0.3) is 0 Å². The van der Waals surface area contributed by atoms with Gasteiger partial charge in [-0.2, -0.15) is 0 Å². The molecule has 7 heteroatoms. The predicted molar refractivity (Wildman–Crippen MR) is 40.9 cm³/mol. The molecule has 0 aromatic heterocycles. The second-order valence-electron chi connectivity index (χ2n) is 1.76. The molecule has 0 amide bonds. The van der Waals surface area contributed by atoms with Crippen LogP contribution in [0.4, 0.5) is 0 Å². The lowest BCUT2D eigenvalue weighted by Crippen LogP contribution is -2.14. The molecule has 0 aromatic carbocycles. The van der Waals surface area contributed by atoms with Gasteiger partial charge in [0.05, 0.1) is 0 Å². The maximum absolute atomic E-state index is 9.10. The fourth-order valence-corrected chi connectivity index (χ4v) is 0.318. The third-order valence-corrected chi connectivity index (χ3v) is 0.784. The number of carbonyl (C=O) groups is 2. The summed E-state index contributed by atoms with van der Waals surface area (Å²) in [5.74, 6) is -3.26. The summed E-state index contributed by atoms with van der Waals surface area (Å²) in [6, 6.07) is 0. The van der Waals surface area contributed by atoms with Crippen molar-refractivity contribution in [3.05, 3.63) is 24.2 Å². The number of hydrogen-bond donors (Lipinski definition) is 4. The van der Waals surface area contributed by atoms with Crippen LogP contribution in [0.25, 0.3) is 0 Å². The van der Waals surface area contributed by atoms with Gasteiger partial charge in [0.2, 0.25) is 5.88 Å². The first-order valence-corrected chi connectivity index (χ1v) is 3.05. The van der Waals surface area contributed by atoms with Crippen molar-refractivity contribution in [1.29, 1.82) is 0 Å². The zero-order valence-electron chi connectivity index (χ0n) is 6.43. The molecule has 13 heavy (non-hydrogen) atoms. The van der Waals surface area contributed by atoms with Gasteiger partial charge in [-0.3, -0.25) is 0 Å². The standard InChI is InChI=1S/C4H6N2O.C2H2O4/c5-4-2-1-3-6-7-4;3-1(4)2(5)6/h1-3,6H,5H2;(H,3,4)(H,5,6). The van der Waals surface area contributed by atoms with Crippen molar-refractivity contribution in [2.75, 3.05) is 0 Å². The van der Waals surface area contributed by atoms with Crippen molar-refractivity contribution in [3.63, 3.8) is 0 Å². The SMILES string of the molecule is NC1=CC=CNO1.O=C(O)C(=O)O. The summed E-state index contributed by atoms with van der Waals surface area (Å²) >= 11 is 0. The molecule has 0 saturated carbocycles. The molecule has 0 saturated heterocycles. The molecule has 0 atom stereocenters. The Morgan fingerprint density at radius 1 is 1.38 bits per heavy atom. The highest BCUT2D eigenvalue weighted by Crippen LogP contribution is 1.89. The zero-order valence-corrected chi connectivity index (χ0v) is 6.43. The monoisotopic (exact) mass is 188 g/mol. The highest BCUT2D eigenvalue weighted by atomic mass is 16.7. The van der Waals surface area contributed by atoms with Gasteiger partial charge in [-0.25, -0.2) is 15.1 Å². The lowest BCUT2D eigenvalue weighted by atomic mass is 10.5. The summed E-state index contributed by atoms with van der Waals surface area (Å²) in [6.07, 6.45) is 5.08. The molecule has 7 nitrogen and oxygen atoms in total. The second-order valence-corrected chi connectivity index (χ2v) is 1.76. The zero-order chi connectivity index (χ0) is 10.3. The van der Waals surface area contributed by atoms with Crippen LogP contribution in [-0.4, -0.2) is 22.2 Å². The third kappa shape index (κ3) is 6.23. The van der Waals surface area contributed by atoms with Crippen molar-refractivity contribution in [1.82, 2.24) is 5.48 Å². The Labute approximate surface area is 73.1 Å². The highest BCUT2D eigenvalue weighted by molar-refractivity contribution is 6.27. The Balaban J connectivity index is 0.000000226. The number of aliphatic carboxylic acids is 2. The van der Waals surface area contributed by atoms with E-state index in [1.54, 1.807) is 18.4 Å². The lowest BCUT2D eigenvalue weighted by molar-refractivity contribution is -0.159. The molecular formula is C6H8N2O5. The number of carboxylic acids is 2. The van der Waals surface area contributed by atoms with E-state index >= 15 is 0 Å². The highest BCUT2D eigenvalue weighted by Gasteiger charge is 2.04. The molecule has 1 aliphatic rings. The smallest absolute Gasteiger partial charge is 0.414 e. The minimum Gasteiger partial charge on any atom is -0.473 e. The van der Waals surface area contributed by atoms with E-state index in [2.05, 4.69) is 10.3 Å². The molecule has 0 unspecified atom stereocenters. The van der Waals surface area contributed by atoms with E-state index in [9.17, 15) is 0 Å². The molecular weight excluding hydrogens is 180 g/mol. The number of rotatable bonds is 0. The van der Waals surface area contributed by atoms with Crippen LogP contribution in [0.5, 0.6) is 0 Å². The molecule has 0 aromatic rings. The Morgan fingerprint density at radius 2 is 1.92 bits per heavy atom. The molecule has 0 radical (unpaired) electrons. The number of hydroxylamine groups is 1. The normalized spacial score (nSPS) is 12.5. The maximum atomic E-state index is 9.10. The van der Waals surface area contributed by atoms with Crippen molar-refractivity contribution >= 4 is 11.9 Å². The topological polar surface area (TPSA) is 122 Å². The van der Waals surface area contributed by atoms with Crippen LogP contribution < -0.4 is 11.2 Å². The average molecular weight is 188 g/mol. The minimum absolute atomic E-state index is 0.391. The van der Waals surface area contributed by atoms with E-state index < -0.39 is 11.9 Å². The van der Waals surface area contributed by atoms with Gasteiger partial charge < -0.3 is 20.8 Å². The van der Waals surface area contributed by atoms with Gasteiger partial charge in [0.1, 0.15) is 0 Å². The van der Waals surface area contributed by atoms with Gasteiger partial charge >= 0.3 is 11.9 Å². The molecule has 1 heterocycles. The summed E-state index contributed by atoms with van der Waals surface area (Å²) in [5.41, 5.74) is 7.62. The summed E-state index contributed by atoms with van der Waals surface area (Å²) in [7, 11) is 0. The first kappa shape index (κ1) is 10.8. The number of carboxylic acid groups (broad SMARTS) is 2. The van der Waals surface area contributed by atoms with Gasteiger partial charge in [0.15, 0.2) is 0 Å². The second kappa shape index (κ2) is 5.47. The van der Waals surface area contributed by atoms with Crippen LogP contribution in [0.1, 0.15) is 0 Å². The summed E-state index contributed by atoms with van der Waals surface area (Å²) in [4.78, 5) is 22.8. The van der Waals surface area contributed by atoms with Crippen LogP contribution in [0, 0.1) is 0 Å². The first-order chi connectivity index (χ1) is 6.04. The van der Waals surface area contributed by atoms with Crippen molar-refractivity contribution in [2.45, 2.75) is 0 Å². The number of nitrogens with two attached hydrogens (primary N) is 1. The van der Waals surface area contributed by atoms with Crippen molar-refractivity contribution in [3.8, 4) is 0 Å². The largest absolute Gasteiger partial charge is 0.473 e. The van der Waals surface area contributed by atoms with E-state index in [1.165, 1.54) is 0 Å². The summed E-state index contributed by atoms with van der Waals surface area (Å²) < 4.78 is 0. The van der Waals surface area contributed by atoms with Crippen molar-refractivity contribution < 1.29 is 24.6 Å². The molecule has 0 fully saturated rings. The van der Waals surface area contributed by atoms with E-state index in [-0.39, 0.29) is 0 Å². The van der Waals surface area contributed by atoms with Gasteiger partial charge in [0, 0.05) is 12.3 Å². The Morgan fingerprint density at radius 3 is 2.08 bits per heavy atom. The quantitative estimate of drug-likeness (QED) is 0.359. The Kier molecular flexibility index (Phi) is 4.55. The summed E-state index contributed by atoms with van der Waals surface area (Å²) in [6.45, 7) is 0.